The number of amides is 1. The van der Waals surface area contributed by atoms with E-state index in [0.717, 1.165) is 57.8 Å². The molecular weight excluding hydrogens is 518 g/mol. The van der Waals surface area contributed by atoms with Crippen molar-refractivity contribution in [1.82, 2.24) is 5.32 Å². The van der Waals surface area contributed by atoms with Gasteiger partial charge < -0.3 is 15.5 Å². The van der Waals surface area contributed by atoms with Gasteiger partial charge in [-0.25, -0.2) is 0 Å². The minimum Gasteiger partial charge on any atom is -0.394 e. The Hall–Kier alpha value is -1.91. The van der Waals surface area contributed by atoms with E-state index in [1.54, 1.807) is 6.08 Å². The molecule has 0 spiro atoms. The van der Waals surface area contributed by atoms with Gasteiger partial charge in [0, 0.05) is 6.42 Å². The maximum atomic E-state index is 12.3. The summed E-state index contributed by atoms with van der Waals surface area (Å²) in [5, 5.41) is 22.8. The number of unbranched alkanes of at least 4 members (excludes halogenated alkanes) is 15. The Morgan fingerprint density at radius 1 is 0.571 bits per heavy atom. The van der Waals surface area contributed by atoms with Crippen molar-refractivity contribution in [3.8, 4) is 0 Å². The van der Waals surface area contributed by atoms with Crippen molar-refractivity contribution < 1.29 is 15.0 Å². The van der Waals surface area contributed by atoms with E-state index in [9.17, 15) is 15.0 Å². The van der Waals surface area contributed by atoms with Crippen molar-refractivity contribution in [3.05, 3.63) is 60.8 Å². The third kappa shape index (κ3) is 29.6. The molecule has 0 aliphatic rings. The lowest BCUT2D eigenvalue weighted by Crippen LogP contribution is -2.45. The average Bonchev–Trinajstić information content (AvgIpc) is 2.99. The predicted molar refractivity (Wildman–Crippen MR) is 184 cm³/mol. The molecule has 0 aromatic rings. The standard InChI is InChI=1S/C38H67NO3/c1-3-5-7-9-11-13-15-17-19-20-22-24-26-28-30-32-34-38(42)39-36(35-40)37(41)33-31-29-27-25-23-21-18-16-14-12-10-8-6-4-2/h13-16,19-20,23,25,31,33,36-37,40-41H,3-12,17-18,21-22,24,26-30,32,34-35H2,1-2H3,(H,39,42)/b15-13-,16-14+,20-19-,25-23+,33-31+. The molecule has 0 heterocycles. The lowest BCUT2D eigenvalue weighted by atomic mass is 10.1. The Kier molecular flexibility index (Phi) is 32.1. The van der Waals surface area contributed by atoms with Crippen LogP contribution in [0.3, 0.4) is 0 Å². The number of nitrogens with one attached hydrogen (secondary N) is 1. The van der Waals surface area contributed by atoms with Gasteiger partial charge in [-0.3, -0.25) is 4.79 Å². The summed E-state index contributed by atoms with van der Waals surface area (Å²) < 4.78 is 0. The van der Waals surface area contributed by atoms with Gasteiger partial charge >= 0.3 is 0 Å². The van der Waals surface area contributed by atoms with Gasteiger partial charge in [-0.2, -0.15) is 0 Å². The van der Waals surface area contributed by atoms with Crippen LogP contribution in [-0.4, -0.2) is 34.9 Å². The highest BCUT2D eigenvalue weighted by molar-refractivity contribution is 5.76. The number of allylic oxidation sites excluding steroid dienone is 9. The zero-order valence-corrected chi connectivity index (χ0v) is 27.5. The van der Waals surface area contributed by atoms with E-state index in [1.165, 1.54) is 77.0 Å². The molecule has 0 radical (unpaired) electrons. The van der Waals surface area contributed by atoms with E-state index in [2.05, 4.69) is 67.8 Å². The lowest BCUT2D eigenvalue weighted by molar-refractivity contribution is -0.123. The van der Waals surface area contributed by atoms with E-state index < -0.39 is 12.1 Å². The maximum absolute atomic E-state index is 12.3. The molecule has 2 atom stereocenters. The van der Waals surface area contributed by atoms with E-state index in [4.69, 9.17) is 0 Å². The molecule has 0 bridgehead atoms. The average molecular weight is 586 g/mol. The van der Waals surface area contributed by atoms with Gasteiger partial charge in [0.15, 0.2) is 0 Å². The number of carbonyl (C=O) groups is 1. The third-order valence-electron chi connectivity index (χ3n) is 7.45. The first-order valence-corrected chi connectivity index (χ1v) is 17.5. The highest BCUT2D eigenvalue weighted by Crippen LogP contribution is 2.09. The zero-order valence-electron chi connectivity index (χ0n) is 27.5. The van der Waals surface area contributed by atoms with Crippen LogP contribution in [0.15, 0.2) is 60.8 Å². The van der Waals surface area contributed by atoms with Gasteiger partial charge in [0.2, 0.25) is 5.91 Å². The molecule has 0 aliphatic heterocycles. The molecule has 4 nitrogen and oxygen atoms in total. The van der Waals surface area contributed by atoms with Gasteiger partial charge in [-0.1, -0.05) is 132 Å². The van der Waals surface area contributed by atoms with Gasteiger partial charge in [0.25, 0.3) is 0 Å². The van der Waals surface area contributed by atoms with Crippen molar-refractivity contribution in [2.75, 3.05) is 6.61 Å². The molecule has 0 rings (SSSR count). The third-order valence-corrected chi connectivity index (χ3v) is 7.45. The largest absolute Gasteiger partial charge is 0.394 e. The molecule has 242 valence electrons. The highest BCUT2D eigenvalue weighted by atomic mass is 16.3. The highest BCUT2D eigenvalue weighted by Gasteiger charge is 2.17. The van der Waals surface area contributed by atoms with E-state index in [0.29, 0.717) is 6.42 Å². The molecule has 0 aromatic heterocycles. The molecule has 3 N–H and O–H groups in total. The van der Waals surface area contributed by atoms with E-state index >= 15 is 0 Å². The molecule has 0 fully saturated rings. The summed E-state index contributed by atoms with van der Waals surface area (Å²) in [4.78, 5) is 12.3. The molecule has 0 saturated heterocycles. The normalized spacial score (nSPS) is 13.9. The molecule has 0 aliphatic carbocycles. The number of aliphatic hydroxyl groups is 2. The minimum absolute atomic E-state index is 0.0965. The van der Waals surface area contributed by atoms with Crippen LogP contribution in [0.5, 0.6) is 0 Å². The Labute approximate surface area is 260 Å². The Bertz CT molecular complexity index is 722. The molecule has 2 unspecified atom stereocenters. The van der Waals surface area contributed by atoms with Gasteiger partial charge in [0.05, 0.1) is 18.8 Å². The topological polar surface area (TPSA) is 69.6 Å². The second-order valence-corrected chi connectivity index (χ2v) is 11.6. The van der Waals surface area contributed by atoms with E-state index in [-0.39, 0.29) is 12.5 Å². The first-order valence-electron chi connectivity index (χ1n) is 17.5. The maximum Gasteiger partial charge on any atom is 0.220 e. The predicted octanol–water partition coefficient (Wildman–Crippen LogP) is 10.2. The fourth-order valence-electron chi connectivity index (χ4n) is 4.71. The lowest BCUT2D eigenvalue weighted by Gasteiger charge is -2.19. The monoisotopic (exact) mass is 586 g/mol. The Balaban J connectivity index is 3.77. The van der Waals surface area contributed by atoms with Crippen LogP contribution < -0.4 is 5.32 Å². The van der Waals surface area contributed by atoms with Crippen LogP contribution in [-0.2, 0) is 4.79 Å². The quantitative estimate of drug-likeness (QED) is 0.0580. The number of carbonyl (C=O) groups excluding carboxylic acids is 1. The van der Waals surface area contributed by atoms with Crippen LogP contribution >= 0.6 is 0 Å². The van der Waals surface area contributed by atoms with Gasteiger partial charge in [-0.15, -0.1) is 0 Å². The van der Waals surface area contributed by atoms with Crippen LogP contribution in [0.4, 0.5) is 0 Å². The zero-order chi connectivity index (χ0) is 30.8. The van der Waals surface area contributed by atoms with Gasteiger partial charge in [-0.05, 0) is 77.0 Å². The van der Waals surface area contributed by atoms with Crippen molar-refractivity contribution in [2.45, 2.75) is 167 Å². The summed E-state index contributed by atoms with van der Waals surface area (Å²) in [6.07, 6.45) is 45.8. The number of rotatable bonds is 30. The fraction of sp³-hybridized carbons (Fsp3) is 0.711. The summed E-state index contributed by atoms with van der Waals surface area (Å²) in [5.74, 6) is -0.0965. The number of aliphatic hydroxyl groups excluding tert-OH is 2. The summed E-state index contributed by atoms with van der Waals surface area (Å²) in [5.41, 5.74) is 0. The fourth-order valence-corrected chi connectivity index (χ4v) is 4.71. The molecule has 4 heteroatoms. The van der Waals surface area contributed by atoms with Crippen molar-refractivity contribution >= 4 is 5.91 Å². The number of hydrogen-bond acceptors (Lipinski definition) is 3. The Morgan fingerprint density at radius 2 is 1.00 bits per heavy atom. The summed E-state index contributed by atoms with van der Waals surface area (Å²) in [6, 6.07) is -0.652. The summed E-state index contributed by atoms with van der Waals surface area (Å²) >= 11 is 0. The molecule has 0 aromatic carbocycles. The minimum atomic E-state index is -0.875. The number of hydrogen-bond donors (Lipinski definition) is 3. The summed E-state index contributed by atoms with van der Waals surface area (Å²) in [7, 11) is 0. The molecule has 0 saturated carbocycles. The van der Waals surface area contributed by atoms with Crippen LogP contribution in [0.2, 0.25) is 0 Å². The summed E-state index contributed by atoms with van der Waals surface area (Å²) in [6.45, 7) is 4.22. The van der Waals surface area contributed by atoms with Crippen molar-refractivity contribution in [3.63, 3.8) is 0 Å². The molecule has 1 amide bonds. The van der Waals surface area contributed by atoms with Gasteiger partial charge in [0.1, 0.15) is 0 Å². The van der Waals surface area contributed by atoms with Crippen LogP contribution in [0, 0.1) is 0 Å². The second kappa shape index (κ2) is 33.6. The first kappa shape index (κ1) is 40.1. The van der Waals surface area contributed by atoms with Crippen LogP contribution in [0.25, 0.3) is 0 Å². The first-order chi connectivity index (χ1) is 20.7. The van der Waals surface area contributed by atoms with Crippen molar-refractivity contribution in [2.24, 2.45) is 0 Å². The van der Waals surface area contributed by atoms with Crippen LogP contribution in [0.1, 0.15) is 155 Å². The molecule has 42 heavy (non-hydrogen) atoms. The smallest absolute Gasteiger partial charge is 0.220 e. The van der Waals surface area contributed by atoms with Crippen molar-refractivity contribution in [1.29, 1.82) is 0 Å². The SMILES string of the molecule is CCCCCC/C=C\C/C=C\CCCCCCCC(=O)NC(CO)C(O)/C=C/CC/C=C/CC/C=C/CCCCCC. The second-order valence-electron chi connectivity index (χ2n) is 11.6. The molecular formula is C38H67NO3. The Morgan fingerprint density at radius 3 is 1.52 bits per heavy atom. The van der Waals surface area contributed by atoms with E-state index in [1.807, 2.05) is 6.08 Å².